The first-order chi connectivity index (χ1) is 8.72. The summed E-state index contributed by atoms with van der Waals surface area (Å²) < 4.78 is 0. The third-order valence-corrected chi connectivity index (χ3v) is 4.12. The third kappa shape index (κ3) is 3.34. The van der Waals surface area contributed by atoms with Crippen molar-refractivity contribution in [1.82, 2.24) is 5.32 Å². The Bertz CT molecular complexity index is 479. The lowest BCUT2D eigenvalue weighted by molar-refractivity contribution is 0.0950. The van der Waals surface area contributed by atoms with E-state index in [9.17, 15) is 4.79 Å². The monoisotopic (exact) mass is 262 g/mol. The van der Waals surface area contributed by atoms with Gasteiger partial charge >= 0.3 is 0 Å². The number of rotatable bonds is 4. The third-order valence-electron chi connectivity index (χ3n) is 3.21. The van der Waals surface area contributed by atoms with Crippen molar-refractivity contribution in [3.8, 4) is 11.8 Å². The molecule has 0 bridgehead atoms. The van der Waals surface area contributed by atoms with Crippen LogP contribution in [0, 0.1) is 23.7 Å². The van der Waals surface area contributed by atoms with E-state index in [0.29, 0.717) is 17.3 Å². The van der Waals surface area contributed by atoms with E-state index in [1.54, 1.807) is 0 Å². The molecule has 96 valence electrons. The number of carbonyl (C=O) groups excluding carboxylic acids is 1. The van der Waals surface area contributed by atoms with Gasteiger partial charge in [-0.05, 0) is 36.1 Å². The number of thiophene rings is 1. The van der Waals surface area contributed by atoms with Crippen LogP contribution in [0.25, 0.3) is 0 Å². The van der Waals surface area contributed by atoms with E-state index in [2.05, 4.69) is 24.1 Å². The first-order valence-corrected chi connectivity index (χ1v) is 7.15. The van der Waals surface area contributed by atoms with E-state index in [1.165, 1.54) is 24.2 Å². The highest BCUT2D eigenvalue weighted by atomic mass is 32.1. The van der Waals surface area contributed by atoms with E-state index < -0.39 is 0 Å². The molecule has 1 amide bonds. The zero-order chi connectivity index (χ0) is 13.0. The average molecular weight is 262 g/mol. The molecule has 1 unspecified atom stereocenters. The van der Waals surface area contributed by atoms with Crippen LogP contribution in [0.1, 0.15) is 35.0 Å². The normalized spacial score (nSPS) is 15.7. The van der Waals surface area contributed by atoms with Crippen LogP contribution in [0.3, 0.4) is 0 Å². The molecule has 0 radical (unpaired) electrons. The SMILES string of the molecule is CC(CNC(=O)c1sccc1C#CCN)C1CC1. The maximum absolute atomic E-state index is 12.0. The van der Waals surface area contributed by atoms with E-state index >= 15 is 0 Å². The van der Waals surface area contributed by atoms with Gasteiger partial charge in [0, 0.05) is 12.1 Å². The number of carbonyl (C=O) groups is 1. The standard InChI is InChI=1S/C14H18N2OS/c1-10(11-4-5-11)9-16-14(17)13-12(3-2-7-15)6-8-18-13/h6,8,10-11H,4-5,7,9,15H2,1H3,(H,16,17). The molecule has 18 heavy (non-hydrogen) atoms. The lowest BCUT2D eigenvalue weighted by atomic mass is 10.1. The van der Waals surface area contributed by atoms with Crippen molar-refractivity contribution in [2.45, 2.75) is 19.8 Å². The van der Waals surface area contributed by atoms with Crippen LogP contribution < -0.4 is 11.1 Å². The van der Waals surface area contributed by atoms with Gasteiger partial charge in [0.25, 0.3) is 5.91 Å². The Labute approximate surface area is 112 Å². The second-order valence-electron chi connectivity index (χ2n) is 4.69. The Hall–Kier alpha value is -1.31. The minimum Gasteiger partial charge on any atom is -0.351 e. The van der Waals surface area contributed by atoms with Gasteiger partial charge in [0.1, 0.15) is 4.88 Å². The second-order valence-corrected chi connectivity index (χ2v) is 5.61. The molecule has 0 spiro atoms. The van der Waals surface area contributed by atoms with Crippen LogP contribution >= 0.6 is 11.3 Å². The van der Waals surface area contributed by atoms with E-state index in [1.807, 2.05) is 11.4 Å². The predicted molar refractivity (Wildman–Crippen MR) is 74.5 cm³/mol. The average Bonchev–Trinajstić information content (AvgIpc) is 3.12. The summed E-state index contributed by atoms with van der Waals surface area (Å²) in [7, 11) is 0. The smallest absolute Gasteiger partial charge is 0.262 e. The Kier molecular flexibility index (Phi) is 4.40. The molecule has 1 aromatic heterocycles. The zero-order valence-electron chi connectivity index (χ0n) is 10.5. The first-order valence-electron chi connectivity index (χ1n) is 6.27. The molecule has 4 heteroatoms. The van der Waals surface area contributed by atoms with Crippen LogP contribution in [0.15, 0.2) is 11.4 Å². The minimum atomic E-state index is -0.0150. The summed E-state index contributed by atoms with van der Waals surface area (Å²) in [6.45, 7) is 3.27. The molecule has 1 fully saturated rings. The van der Waals surface area contributed by atoms with Gasteiger partial charge in [-0.25, -0.2) is 0 Å². The number of nitrogens with two attached hydrogens (primary N) is 1. The minimum absolute atomic E-state index is 0.0150. The van der Waals surface area contributed by atoms with Gasteiger partial charge in [0.05, 0.1) is 6.54 Å². The molecule has 0 aromatic carbocycles. The Morgan fingerprint density at radius 1 is 1.67 bits per heavy atom. The van der Waals surface area contributed by atoms with Crippen molar-refractivity contribution in [2.75, 3.05) is 13.1 Å². The molecule has 1 heterocycles. The number of hydrogen-bond acceptors (Lipinski definition) is 3. The molecule has 1 aromatic rings. The summed E-state index contributed by atoms with van der Waals surface area (Å²) in [5.74, 6) is 7.09. The van der Waals surface area contributed by atoms with Crippen LogP contribution in [-0.4, -0.2) is 19.0 Å². The summed E-state index contributed by atoms with van der Waals surface area (Å²) in [6, 6.07) is 1.87. The van der Waals surface area contributed by atoms with E-state index in [4.69, 9.17) is 5.73 Å². The van der Waals surface area contributed by atoms with E-state index in [0.717, 1.165) is 18.0 Å². The van der Waals surface area contributed by atoms with Crippen molar-refractivity contribution in [2.24, 2.45) is 17.6 Å². The maximum Gasteiger partial charge on any atom is 0.262 e. The largest absolute Gasteiger partial charge is 0.351 e. The first kappa shape index (κ1) is 13.1. The number of hydrogen-bond donors (Lipinski definition) is 2. The summed E-state index contributed by atoms with van der Waals surface area (Å²) in [6.07, 6.45) is 2.62. The van der Waals surface area contributed by atoms with Crippen LogP contribution in [0.2, 0.25) is 0 Å². The molecule has 1 saturated carbocycles. The maximum atomic E-state index is 12.0. The van der Waals surface area contributed by atoms with Gasteiger partial charge in [-0.15, -0.1) is 11.3 Å². The number of nitrogens with one attached hydrogen (secondary N) is 1. The van der Waals surface area contributed by atoms with Crippen molar-refractivity contribution >= 4 is 17.2 Å². The fraction of sp³-hybridized carbons (Fsp3) is 0.500. The predicted octanol–water partition coefficient (Wildman–Crippen LogP) is 1.83. The highest BCUT2D eigenvalue weighted by molar-refractivity contribution is 7.12. The van der Waals surface area contributed by atoms with Gasteiger partial charge in [0.15, 0.2) is 0 Å². The molecule has 3 N–H and O–H groups in total. The van der Waals surface area contributed by atoms with Gasteiger partial charge in [-0.1, -0.05) is 18.8 Å². The lowest BCUT2D eigenvalue weighted by Crippen LogP contribution is -2.28. The van der Waals surface area contributed by atoms with E-state index in [-0.39, 0.29) is 5.91 Å². The van der Waals surface area contributed by atoms with Gasteiger partial charge in [-0.2, -0.15) is 0 Å². The Balaban J connectivity index is 1.93. The Morgan fingerprint density at radius 2 is 2.44 bits per heavy atom. The van der Waals surface area contributed by atoms with Crippen molar-refractivity contribution in [3.05, 3.63) is 21.9 Å². The highest BCUT2D eigenvalue weighted by Gasteiger charge is 2.28. The van der Waals surface area contributed by atoms with Crippen LogP contribution in [-0.2, 0) is 0 Å². The van der Waals surface area contributed by atoms with Crippen LogP contribution in [0.4, 0.5) is 0 Å². The quantitative estimate of drug-likeness (QED) is 0.813. The molecular formula is C14H18N2OS. The summed E-state index contributed by atoms with van der Waals surface area (Å²) >= 11 is 1.43. The molecule has 1 aliphatic rings. The second kappa shape index (κ2) is 6.03. The van der Waals surface area contributed by atoms with Crippen molar-refractivity contribution in [3.63, 3.8) is 0 Å². The molecule has 0 saturated heterocycles. The molecule has 1 atom stereocenters. The Morgan fingerprint density at radius 3 is 3.11 bits per heavy atom. The molecule has 2 rings (SSSR count). The summed E-state index contributed by atoms with van der Waals surface area (Å²) in [5, 5.41) is 4.88. The molecule has 1 aliphatic carbocycles. The zero-order valence-corrected chi connectivity index (χ0v) is 11.3. The number of amides is 1. The molecular weight excluding hydrogens is 244 g/mol. The molecule has 3 nitrogen and oxygen atoms in total. The van der Waals surface area contributed by atoms with Gasteiger partial charge < -0.3 is 11.1 Å². The van der Waals surface area contributed by atoms with Crippen LogP contribution in [0.5, 0.6) is 0 Å². The highest BCUT2D eigenvalue weighted by Crippen LogP contribution is 2.36. The van der Waals surface area contributed by atoms with Crippen molar-refractivity contribution in [1.29, 1.82) is 0 Å². The van der Waals surface area contributed by atoms with Crippen molar-refractivity contribution < 1.29 is 4.79 Å². The summed E-state index contributed by atoms with van der Waals surface area (Å²) in [4.78, 5) is 12.7. The topological polar surface area (TPSA) is 55.1 Å². The fourth-order valence-electron chi connectivity index (χ4n) is 1.90. The van der Waals surface area contributed by atoms with Gasteiger partial charge in [0.2, 0.25) is 0 Å². The molecule has 0 aliphatic heterocycles. The lowest BCUT2D eigenvalue weighted by Gasteiger charge is -2.10. The fourth-order valence-corrected chi connectivity index (χ4v) is 2.66. The van der Waals surface area contributed by atoms with Gasteiger partial charge in [-0.3, -0.25) is 4.79 Å². The summed E-state index contributed by atoms with van der Waals surface area (Å²) in [5.41, 5.74) is 6.12.